The normalized spacial score (nSPS) is 17.5. The fourth-order valence-corrected chi connectivity index (χ4v) is 3.39. The van der Waals surface area contributed by atoms with Crippen LogP contribution >= 0.6 is 0 Å². The van der Waals surface area contributed by atoms with Crippen LogP contribution in [0.5, 0.6) is 11.5 Å². The molecule has 2 atom stereocenters. The van der Waals surface area contributed by atoms with Gasteiger partial charge in [0.05, 0.1) is 13.2 Å². The van der Waals surface area contributed by atoms with Crippen molar-refractivity contribution in [3.05, 3.63) is 59.7 Å². The SMILES string of the molecule is COc1ccc(OC[C@@H](O)CN(Cc2ccc(F)cc2F)C[C@@H]2CCCO2)cc1. The Labute approximate surface area is 169 Å². The van der Waals surface area contributed by atoms with Gasteiger partial charge in [-0.25, -0.2) is 8.78 Å². The summed E-state index contributed by atoms with van der Waals surface area (Å²) in [4.78, 5) is 1.92. The van der Waals surface area contributed by atoms with E-state index in [9.17, 15) is 13.9 Å². The summed E-state index contributed by atoms with van der Waals surface area (Å²) in [5, 5.41) is 10.5. The summed E-state index contributed by atoms with van der Waals surface area (Å²) in [6.45, 7) is 1.92. The minimum absolute atomic E-state index is 0.0493. The summed E-state index contributed by atoms with van der Waals surface area (Å²) in [5.41, 5.74) is 0.382. The van der Waals surface area contributed by atoms with E-state index in [-0.39, 0.29) is 25.8 Å². The van der Waals surface area contributed by atoms with Crippen LogP contribution in [0.15, 0.2) is 42.5 Å². The van der Waals surface area contributed by atoms with Gasteiger partial charge in [0.25, 0.3) is 0 Å². The van der Waals surface area contributed by atoms with Gasteiger partial charge in [0.15, 0.2) is 0 Å². The molecule has 1 heterocycles. The Kier molecular flexibility index (Phi) is 7.80. The van der Waals surface area contributed by atoms with Crippen molar-refractivity contribution in [3.8, 4) is 11.5 Å². The molecule has 0 radical (unpaired) electrons. The summed E-state index contributed by atoms with van der Waals surface area (Å²) in [7, 11) is 1.59. The van der Waals surface area contributed by atoms with Gasteiger partial charge >= 0.3 is 0 Å². The minimum atomic E-state index is -0.776. The molecule has 0 aromatic heterocycles. The standard InChI is InChI=1S/C22H27F2NO4/c1-27-19-6-8-20(9-7-19)29-15-18(26)13-25(14-21-3-2-10-28-21)12-16-4-5-17(23)11-22(16)24/h4-9,11,18,21,26H,2-3,10,12-15H2,1H3/t18-,21-/m0/s1. The fourth-order valence-electron chi connectivity index (χ4n) is 3.39. The molecule has 0 bridgehead atoms. The van der Waals surface area contributed by atoms with Gasteiger partial charge in [0, 0.05) is 37.9 Å². The number of benzene rings is 2. The fraction of sp³-hybridized carbons (Fsp3) is 0.455. The van der Waals surface area contributed by atoms with E-state index in [1.54, 1.807) is 31.4 Å². The molecule has 1 aliphatic rings. The van der Waals surface area contributed by atoms with E-state index in [4.69, 9.17) is 14.2 Å². The molecule has 0 amide bonds. The van der Waals surface area contributed by atoms with Crippen LogP contribution in [0.2, 0.25) is 0 Å². The monoisotopic (exact) mass is 407 g/mol. The Morgan fingerprint density at radius 3 is 2.59 bits per heavy atom. The lowest BCUT2D eigenvalue weighted by atomic mass is 10.1. The highest BCUT2D eigenvalue weighted by Gasteiger charge is 2.22. The first kappa shape index (κ1) is 21.5. The summed E-state index contributed by atoms with van der Waals surface area (Å²) in [5.74, 6) is 0.151. The van der Waals surface area contributed by atoms with Crippen molar-refractivity contribution in [2.75, 3.05) is 33.4 Å². The lowest BCUT2D eigenvalue weighted by Gasteiger charge is -2.27. The summed E-state index contributed by atoms with van der Waals surface area (Å²) in [6, 6.07) is 10.7. The molecule has 2 aromatic carbocycles. The van der Waals surface area contributed by atoms with Crippen LogP contribution in [0.4, 0.5) is 8.78 Å². The molecule has 0 spiro atoms. The maximum absolute atomic E-state index is 14.1. The number of aliphatic hydroxyl groups is 1. The highest BCUT2D eigenvalue weighted by molar-refractivity contribution is 5.31. The third-order valence-corrected chi connectivity index (χ3v) is 4.87. The zero-order chi connectivity index (χ0) is 20.6. The van der Waals surface area contributed by atoms with Crippen molar-refractivity contribution in [3.63, 3.8) is 0 Å². The van der Waals surface area contributed by atoms with Crippen LogP contribution in [-0.4, -0.2) is 55.6 Å². The van der Waals surface area contributed by atoms with Crippen molar-refractivity contribution in [2.24, 2.45) is 0 Å². The zero-order valence-electron chi connectivity index (χ0n) is 16.5. The van der Waals surface area contributed by atoms with Crippen LogP contribution in [0.3, 0.4) is 0 Å². The zero-order valence-corrected chi connectivity index (χ0v) is 16.5. The molecular formula is C22H27F2NO4. The average molecular weight is 407 g/mol. The van der Waals surface area contributed by atoms with E-state index in [1.165, 1.54) is 12.1 Å². The summed E-state index contributed by atoms with van der Waals surface area (Å²) >= 11 is 0. The molecule has 0 unspecified atom stereocenters. The molecule has 0 aliphatic carbocycles. The van der Waals surface area contributed by atoms with Gasteiger partial charge in [-0.15, -0.1) is 0 Å². The second-order valence-corrected chi connectivity index (χ2v) is 7.21. The highest BCUT2D eigenvalue weighted by atomic mass is 19.1. The minimum Gasteiger partial charge on any atom is -0.497 e. The van der Waals surface area contributed by atoms with Gasteiger partial charge in [0.1, 0.15) is 35.8 Å². The van der Waals surface area contributed by atoms with E-state index < -0.39 is 17.7 Å². The highest BCUT2D eigenvalue weighted by Crippen LogP contribution is 2.19. The van der Waals surface area contributed by atoms with Crippen LogP contribution < -0.4 is 9.47 Å². The molecule has 1 aliphatic heterocycles. The Bertz CT molecular complexity index is 766. The number of ether oxygens (including phenoxy) is 3. The summed E-state index contributed by atoms with van der Waals surface area (Å²) in [6.07, 6.45) is 1.20. The van der Waals surface area contributed by atoms with Crippen molar-refractivity contribution in [2.45, 2.75) is 31.6 Å². The smallest absolute Gasteiger partial charge is 0.130 e. The third-order valence-electron chi connectivity index (χ3n) is 4.87. The Morgan fingerprint density at radius 1 is 1.17 bits per heavy atom. The van der Waals surface area contributed by atoms with Crippen LogP contribution in [0.1, 0.15) is 18.4 Å². The van der Waals surface area contributed by atoms with Gasteiger partial charge in [-0.3, -0.25) is 4.90 Å². The molecular weight excluding hydrogens is 380 g/mol. The second-order valence-electron chi connectivity index (χ2n) is 7.21. The van der Waals surface area contributed by atoms with Gasteiger partial charge < -0.3 is 19.3 Å². The van der Waals surface area contributed by atoms with E-state index in [1.807, 2.05) is 4.90 Å². The average Bonchev–Trinajstić information content (AvgIpc) is 3.22. The van der Waals surface area contributed by atoms with E-state index in [0.717, 1.165) is 24.7 Å². The number of methoxy groups -OCH3 is 1. The predicted molar refractivity (Wildman–Crippen MR) is 105 cm³/mol. The molecule has 2 aromatic rings. The largest absolute Gasteiger partial charge is 0.497 e. The lowest BCUT2D eigenvalue weighted by molar-refractivity contribution is 0.0309. The lowest BCUT2D eigenvalue weighted by Crippen LogP contribution is -2.39. The molecule has 3 rings (SSSR count). The van der Waals surface area contributed by atoms with Crippen molar-refractivity contribution in [1.29, 1.82) is 0 Å². The first-order valence-electron chi connectivity index (χ1n) is 9.76. The second kappa shape index (κ2) is 10.5. The molecule has 1 N–H and O–H groups in total. The van der Waals surface area contributed by atoms with Gasteiger partial charge in [-0.05, 0) is 43.2 Å². The third kappa shape index (κ3) is 6.66. The van der Waals surface area contributed by atoms with Crippen LogP contribution in [0, 0.1) is 11.6 Å². The maximum Gasteiger partial charge on any atom is 0.130 e. The molecule has 1 fully saturated rings. The van der Waals surface area contributed by atoms with E-state index in [2.05, 4.69) is 0 Å². The number of aliphatic hydroxyl groups excluding tert-OH is 1. The number of rotatable bonds is 10. The van der Waals surface area contributed by atoms with Crippen molar-refractivity contribution in [1.82, 2.24) is 4.90 Å². The van der Waals surface area contributed by atoms with Gasteiger partial charge in [-0.2, -0.15) is 0 Å². The van der Waals surface area contributed by atoms with E-state index in [0.29, 0.717) is 24.5 Å². The number of nitrogens with zero attached hydrogens (tertiary/aromatic N) is 1. The van der Waals surface area contributed by atoms with Crippen molar-refractivity contribution >= 4 is 0 Å². The molecule has 158 valence electrons. The number of halogens is 2. The molecule has 29 heavy (non-hydrogen) atoms. The maximum atomic E-state index is 14.1. The van der Waals surface area contributed by atoms with Crippen molar-refractivity contribution < 1.29 is 28.1 Å². The topological polar surface area (TPSA) is 51.2 Å². The number of hydrogen-bond donors (Lipinski definition) is 1. The first-order valence-corrected chi connectivity index (χ1v) is 9.76. The van der Waals surface area contributed by atoms with Gasteiger partial charge in [0.2, 0.25) is 0 Å². The quantitative estimate of drug-likeness (QED) is 0.654. The molecule has 1 saturated heterocycles. The Morgan fingerprint density at radius 2 is 1.93 bits per heavy atom. The van der Waals surface area contributed by atoms with Crippen LogP contribution in [0.25, 0.3) is 0 Å². The first-order chi connectivity index (χ1) is 14.0. The molecule has 5 nitrogen and oxygen atoms in total. The predicted octanol–water partition coefficient (Wildman–Crippen LogP) is 3.39. The summed E-state index contributed by atoms with van der Waals surface area (Å²) < 4.78 is 43.7. The Hall–Kier alpha value is -2.22. The number of hydrogen-bond acceptors (Lipinski definition) is 5. The molecule has 0 saturated carbocycles. The van der Waals surface area contributed by atoms with Gasteiger partial charge in [-0.1, -0.05) is 6.07 Å². The molecule has 7 heteroatoms. The van der Waals surface area contributed by atoms with E-state index >= 15 is 0 Å². The van der Waals surface area contributed by atoms with Crippen LogP contribution in [-0.2, 0) is 11.3 Å². The Balaban J connectivity index is 1.58.